The standard InChI is InChI=1S/C11H22N2O3/c1-8(2)13-10(14)15-6-9-5-12-7-11(3,4)16-9/h8-9,12H,5-7H2,1-4H3,(H,13,14). The Morgan fingerprint density at radius 1 is 1.62 bits per heavy atom. The Kier molecular flexibility index (Phi) is 4.56. The Labute approximate surface area is 96.9 Å². The SMILES string of the molecule is CC(C)NC(=O)OCC1CNCC(C)(C)O1. The van der Waals surface area contributed by atoms with E-state index in [-0.39, 0.29) is 30.4 Å². The van der Waals surface area contributed by atoms with Gasteiger partial charge in [0.25, 0.3) is 0 Å². The van der Waals surface area contributed by atoms with Crippen LogP contribution in [0.15, 0.2) is 0 Å². The summed E-state index contributed by atoms with van der Waals surface area (Å²) in [6, 6.07) is 0.0920. The summed E-state index contributed by atoms with van der Waals surface area (Å²) in [7, 11) is 0. The van der Waals surface area contributed by atoms with Crippen LogP contribution in [-0.4, -0.2) is 43.5 Å². The van der Waals surface area contributed by atoms with Gasteiger partial charge in [-0.1, -0.05) is 0 Å². The van der Waals surface area contributed by atoms with Gasteiger partial charge in [-0.2, -0.15) is 0 Å². The molecular weight excluding hydrogens is 208 g/mol. The maximum absolute atomic E-state index is 11.2. The van der Waals surface area contributed by atoms with Crippen molar-refractivity contribution in [2.75, 3.05) is 19.7 Å². The molecule has 1 saturated heterocycles. The average molecular weight is 230 g/mol. The van der Waals surface area contributed by atoms with Gasteiger partial charge in [-0.25, -0.2) is 4.79 Å². The lowest BCUT2D eigenvalue weighted by atomic mass is 10.1. The number of carbonyl (C=O) groups is 1. The van der Waals surface area contributed by atoms with E-state index in [2.05, 4.69) is 10.6 Å². The number of hydrogen-bond donors (Lipinski definition) is 2. The molecule has 0 spiro atoms. The topological polar surface area (TPSA) is 59.6 Å². The summed E-state index contributed by atoms with van der Waals surface area (Å²) in [6.45, 7) is 9.64. The van der Waals surface area contributed by atoms with Gasteiger partial charge in [0.2, 0.25) is 0 Å². The van der Waals surface area contributed by atoms with Crippen molar-refractivity contribution in [2.45, 2.75) is 45.4 Å². The Balaban J connectivity index is 2.24. The maximum atomic E-state index is 11.2. The minimum atomic E-state index is -0.387. The molecule has 0 aromatic carbocycles. The second-order valence-electron chi connectivity index (χ2n) is 5.03. The third-order valence-electron chi connectivity index (χ3n) is 2.22. The number of hydrogen-bond acceptors (Lipinski definition) is 4. The van der Waals surface area contributed by atoms with E-state index in [1.807, 2.05) is 27.7 Å². The van der Waals surface area contributed by atoms with Crippen molar-refractivity contribution in [1.82, 2.24) is 10.6 Å². The molecule has 0 aromatic heterocycles. The van der Waals surface area contributed by atoms with E-state index in [1.54, 1.807) is 0 Å². The van der Waals surface area contributed by atoms with Crippen molar-refractivity contribution in [3.63, 3.8) is 0 Å². The fourth-order valence-corrected chi connectivity index (χ4v) is 1.61. The van der Waals surface area contributed by atoms with E-state index >= 15 is 0 Å². The second kappa shape index (κ2) is 5.50. The monoisotopic (exact) mass is 230 g/mol. The quantitative estimate of drug-likeness (QED) is 0.756. The first-order valence-corrected chi connectivity index (χ1v) is 5.71. The first-order valence-electron chi connectivity index (χ1n) is 5.71. The molecule has 1 fully saturated rings. The molecule has 1 rings (SSSR count). The van der Waals surface area contributed by atoms with Gasteiger partial charge >= 0.3 is 6.09 Å². The van der Waals surface area contributed by atoms with E-state index in [0.717, 1.165) is 13.1 Å². The molecule has 1 heterocycles. The van der Waals surface area contributed by atoms with Crippen LogP contribution in [0.1, 0.15) is 27.7 Å². The van der Waals surface area contributed by atoms with E-state index < -0.39 is 0 Å². The highest BCUT2D eigenvalue weighted by Gasteiger charge is 2.28. The predicted octanol–water partition coefficient (Wildman–Crippen LogP) is 0.888. The van der Waals surface area contributed by atoms with Gasteiger partial charge in [-0.05, 0) is 27.7 Å². The number of rotatable bonds is 3. The largest absolute Gasteiger partial charge is 0.447 e. The van der Waals surface area contributed by atoms with Gasteiger partial charge in [0, 0.05) is 19.1 Å². The van der Waals surface area contributed by atoms with Crippen molar-refractivity contribution < 1.29 is 14.3 Å². The van der Waals surface area contributed by atoms with Gasteiger partial charge < -0.3 is 20.1 Å². The van der Waals surface area contributed by atoms with Crippen LogP contribution in [0.4, 0.5) is 4.79 Å². The van der Waals surface area contributed by atoms with Crippen molar-refractivity contribution in [1.29, 1.82) is 0 Å². The predicted molar refractivity (Wildman–Crippen MR) is 61.4 cm³/mol. The lowest BCUT2D eigenvalue weighted by molar-refractivity contribution is -0.111. The zero-order valence-corrected chi connectivity index (χ0v) is 10.5. The molecule has 0 aliphatic carbocycles. The lowest BCUT2D eigenvalue weighted by Gasteiger charge is -2.36. The first-order chi connectivity index (χ1) is 7.39. The summed E-state index contributed by atoms with van der Waals surface area (Å²) in [5, 5.41) is 5.92. The molecular formula is C11H22N2O3. The normalized spacial score (nSPS) is 24.2. The van der Waals surface area contributed by atoms with Crippen molar-refractivity contribution >= 4 is 6.09 Å². The number of nitrogens with one attached hydrogen (secondary N) is 2. The zero-order chi connectivity index (χ0) is 12.2. The van der Waals surface area contributed by atoms with Crippen molar-refractivity contribution in [3.8, 4) is 0 Å². The molecule has 16 heavy (non-hydrogen) atoms. The Hall–Kier alpha value is -0.810. The zero-order valence-electron chi connectivity index (χ0n) is 10.5. The van der Waals surface area contributed by atoms with E-state index in [0.29, 0.717) is 0 Å². The lowest BCUT2D eigenvalue weighted by Crippen LogP contribution is -2.52. The number of carbonyl (C=O) groups excluding carboxylic acids is 1. The van der Waals surface area contributed by atoms with Crippen LogP contribution < -0.4 is 10.6 Å². The Bertz CT molecular complexity index is 241. The number of amides is 1. The van der Waals surface area contributed by atoms with Gasteiger partial charge in [-0.3, -0.25) is 0 Å². The first kappa shape index (κ1) is 13.3. The van der Waals surface area contributed by atoms with Crippen LogP contribution in [0.25, 0.3) is 0 Å². The minimum absolute atomic E-state index is 0.0679. The fraction of sp³-hybridized carbons (Fsp3) is 0.909. The Morgan fingerprint density at radius 2 is 2.31 bits per heavy atom. The molecule has 2 N–H and O–H groups in total. The maximum Gasteiger partial charge on any atom is 0.407 e. The fourth-order valence-electron chi connectivity index (χ4n) is 1.61. The molecule has 1 aliphatic heterocycles. The van der Waals surface area contributed by atoms with Crippen LogP contribution in [0.5, 0.6) is 0 Å². The summed E-state index contributed by atoms with van der Waals surface area (Å²) in [5.41, 5.74) is -0.194. The van der Waals surface area contributed by atoms with Crippen LogP contribution in [-0.2, 0) is 9.47 Å². The molecule has 94 valence electrons. The molecule has 5 heteroatoms. The smallest absolute Gasteiger partial charge is 0.407 e. The highest BCUT2D eigenvalue weighted by molar-refractivity contribution is 5.67. The van der Waals surface area contributed by atoms with Crippen LogP contribution >= 0.6 is 0 Å². The van der Waals surface area contributed by atoms with Gasteiger partial charge in [0.05, 0.1) is 5.60 Å². The highest BCUT2D eigenvalue weighted by atomic mass is 16.6. The van der Waals surface area contributed by atoms with E-state index in [9.17, 15) is 4.79 Å². The summed E-state index contributed by atoms with van der Waals surface area (Å²) >= 11 is 0. The summed E-state index contributed by atoms with van der Waals surface area (Å²) in [4.78, 5) is 11.2. The molecule has 1 unspecified atom stereocenters. The summed E-state index contributed by atoms with van der Waals surface area (Å²) in [5.74, 6) is 0. The second-order valence-corrected chi connectivity index (χ2v) is 5.03. The third kappa shape index (κ3) is 4.81. The summed E-state index contributed by atoms with van der Waals surface area (Å²) in [6.07, 6.45) is -0.455. The molecule has 0 aromatic rings. The molecule has 1 atom stereocenters. The van der Waals surface area contributed by atoms with Crippen LogP contribution in [0, 0.1) is 0 Å². The van der Waals surface area contributed by atoms with Crippen LogP contribution in [0.3, 0.4) is 0 Å². The van der Waals surface area contributed by atoms with Gasteiger partial charge in [0.15, 0.2) is 0 Å². The van der Waals surface area contributed by atoms with Crippen molar-refractivity contribution in [3.05, 3.63) is 0 Å². The number of alkyl carbamates (subject to hydrolysis) is 1. The number of ether oxygens (including phenoxy) is 2. The highest BCUT2D eigenvalue weighted by Crippen LogP contribution is 2.15. The van der Waals surface area contributed by atoms with E-state index in [1.165, 1.54) is 0 Å². The average Bonchev–Trinajstić information content (AvgIpc) is 2.12. The van der Waals surface area contributed by atoms with Crippen LogP contribution in [0.2, 0.25) is 0 Å². The molecule has 0 radical (unpaired) electrons. The Morgan fingerprint density at radius 3 is 2.88 bits per heavy atom. The molecule has 1 amide bonds. The molecule has 0 bridgehead atoms. The van der Waals surface area contributed by atoms with Crippen molar-refractivity contribution in [2.24, 2.45) is 0 Å². The number of morpholine rings is 1. The van der Waals surface area contributed by atoms with E-state index in [4.69, 9.17) is 9.47 Å². The molecule has 0 saturated carbocycles. The van der Waals surface area contributed by atoms with Gasteiger partial charge in [-0.15, -0.1) is 0 Å². The minimum Gasteiger partial charge on any atom is -0.447 e. The molecule has 1 aliphatic rings. The van der Waals surface area contributed by atoms with Gasteiger partial charge in [0.1, 0.15) is 12.7 Å². The molecule has 5 nitrogen and oxygen atoms in total. The third-order valence-corrected chi connectivity index (χ3v) is 2.22. The summed E-state index contributed by atoms with van der Waals surface area (Å²) < 4.78 is 10.8.